The molecule has 2 fully saturated rings. The Balaban J connectivity index is 0.00000147. The van der Waals surface area contributed by atoms with Crippen LogP contribution in [0.15, 0.2) is 30.3 Å². The van der Waals surface area contributed by atoms with E-state index in [-0.39, 0.29) is 44.7 Å². The van der Waals surface area contributed by atoms with E-state index in [1.165, 1.54) is 5.56 Å². The summed E-state index contributed by atoms with van der Waals surface area (Å²) in [5.41, 5.74) is 1.25. The van der Waals surface area contributed by atoms with Gasteiger partial charge in [-0.05, 0) is 18.7 Å². The molecule has 1 N–H and O–H groups in total. The van der Waals surface area contributed by atoms with Gasteiger partial charge < -0.3 is 15.0 Å². The largest absolute Gasteiger partial charge is 0.512 e. The molecule has 20 heavy (non-hydrogen) atoms. The van der Waals surface area contributed by atoms with Crippen LogP contribution in [0.25, 0.3) is 0 Å². The molecule has 1 radical (unpaired) electrons. The van der Waals surface area contributed by atoms with Crippen molar-refractivity contribution in [2.45, 2.75) is 31.7 Å². The van der Waals surface area contributed by atoms with Crippen molar-refractivity contribution in [3.05, 3.63) is 48.4 Å². The first-order chi connectivity index (χ1) is 9.36. The Morgan fingerprint density at radius 3 is 2.65 bits per heavy atom. The van der Waals surface area contributed by atoms with Gasteiger partial charge in [-0.15, -0.1) is 12.8 Å². The number of amides is 1. The quantitative estimate of drug-likeness (QED) is 0.836. The topological polar surface area (TPSA) is 32.3 Å². The molecule has 3 rings (SSSR count). The molecule has 1 aromatic carbocycles. The molecule has 0 aliphatic carbocycles. The molecule has 1 amide bonds. The normalized spacial score (nSPS) is 22.5. The Morgan fingerprint density at radius 1 is 1.25 bits per heavy atom. The number of hydrogen-bond donors (Lipinski definition) is 1. The van der Waals surface area contributed by atoms with E-state index < -0.39 is 0 Å². The molecule has 2 aliphatic heterocycles. The van der Waals surface area contributed by atoms with E-state index in [2.05, 4.69) is 24.0 Å². The van der Waals surface area contributed by atoms with Crippen molar-refractivity contribution in [1.29, 1.82) is 0 Å². The smallest absolute Gasteiger partial charge is 0.0588 e. The molecule has 1 atom stereocenters. The predicted molar refractivity (Wildman–Crippen MR) is 74.9 cm³/mol. The van der Waals surface area contributed by atoms with Crippen molar-refractivity contribution >= 4 is 5.91 Å². The summed E-state index contributed by atoms with van der Waals surface area (Å²) in [4.78, 5) is 14.6. The maximum Gasteiger partial charge on any atom is 0.0588 e. The summed E-state index contributed by atoms with van der Waals surface area (Å²) < 4.78 is 0. The molecular weight excluding hydrogens is 325 g/mol. The molecule has 3 nitrogen and oxygen atoms in total. The second kappa shape index (κ2) is 7.58. The van der Waals surface area contributed by atoms with Crippen LogP contribution in [0.5, 0.6) is 0 Å². The van der Waals surface area contributed by atoms with Crippen LogP contribution in [0, 0.1) is 12.5 Å². The average molecular weight is 345 g/mol. The zero-order valence-corrected chi connectivity index (χ0v) is 14.6. The van der Waals surface area contributed by atoms with Crippen molar-refractivity contribution in [2.24, 2.45) is 0 Å². The number of nitrogens with one attached hydrogen (secondary N) is 1. The Kier molecular flexibility index (Phi) is 6.07. The van der Waals surface area contributed by atoms with Gasteiger partial charge in [0.2, 0.25) is 0 Å². The van der Waals surface area contributed by atoms with Crippen molar-refractivity contribution in [1.82, 2.24) is 10.2 Å². The van der Waals surface area contributed by atoms with Gasteiger partial charge >= 0.3 is 0 Å². The van der Waals surface area contributed by atoms with Crippen LogP contribution in [0.3, 0.4) is 0 Å². The van der Waals surface area contributed by atoms with Gasteiger partial charge in [0.05, 0.1) is 5.91 Å². The first-order valence-electron chi connectivity index (χ1n) is 7.12. The Morgan fingerprint density at radius 2 is 1.95 bits per heavy atom. The number of likely N-dealkylation sites (tertiary alicyclic amines) is 1. The van der Waals surface area contributed by atoms with E-state index in [1.807, 2.05) is 23.1 Å². The summed E-state index contributed by atoms with van der Waals surface area (Å²) in [6.45, 7) is 3.95. The van der Waals surface area contributed by atoms with Gasteiger partial charge in [0.15, 0.2) is 0 Å². The Bertz CT molecular complexity index is 431. The first-order valence-corrected chi connectivity index (χ1v) is 7.12. The number of rotatable bonds is 2. The van der Waals surface area contributed by atoms with Gasteiger partial charge in [0.25, 0.3) is 0 Å². The third kappa shape index (κ3) is 3.44. The third-order valence-corrected chi connectivity index (χ3v) is 4.03. The molecule has 105 valence electrons. The van der Waals surface area contributed by atoms with Crippen LogP contribution in [-0.2, 0) is 37.5 Å². The van der Waals surface area contributed by atoms with Crippen molar-refractivity contribution < 1.29 is 37.5 Å². The molecule has 4 heteroatoms. The van der Waals surface area contributed by atoms with E-state index in [0.29, 0.717) is 0 Å². The summed E-state index contributed by atoms with van der Waals surface area (Å²) in [6, 6.07) is 10.6. The zero-order valence-electron chi connectivity index (χ0n) is 11.7. The van der Waals surface area contributed by atoms with E-state index in [1.54, 1.807) is 0 Å². The molecule has 0 aromatic heterocycles. The molecule has 2 aliphatic rings. The number of carbonyl (C=O) groups excluding carboxylic acids is 1. The van der Waals surface area contributed by atoms with Crippen molar-refractivity contribution in [3.63, 3.8) is 0 Å². The fourth-order valence-electron chi connectivity index (χ4n) is 2.99. The summed E-state index contributed by atoms with van der Waals surface area (Å²) in [7, 11) is 0. The van der Waals surface area contributed by atoms with Crippen LogP contribution in [0.4, 0.5) is 0 Å². The minimum Gasteiger partial charge on any atom is -0.512 e. The number of benzene rings is 1. The molecule has 1 aromatic rings. The van der Waals surface area contributed by atoms with Crippen LogP contribution in [-0.4, -0.2) is 23.9 Å². The average Bonchev–Trinajstić information content (AvgIpc) is 2.98. The molecule has 1 unspecified atom stereocenters. The molecule has 2 heterocycles. The number of piperidine rings is 1. The SMILES string of the molecule is O=C([C-]1CCNCC1)N1[CH-]CCC1c1ccccc1.[Y]. The Hall–Kier alpha value is -0.376. The maximum absolute atomic E-state index is 12.6. The molecular formula is C16H20N2OY-2. The summed E-state index contributed by atoms with van der Waals surface area (Å²) >= 11 is 0. The minimum atomic E-state index is 0. The number of hydrogen-bond acceptors (Lipinski definition) is 2. The zero-order chi connectivity index (χ0) is 13.1. The molecule has 2 saturated heterocycles. The minimum absolute atomic E-state index is 0. The fourth-order valence-corrected chi connectivity index (χ4v) is 2.99. The third-order valence-electron chi connectivity index (χ3n) is 4.03. The Labute approximate surface area is 146 Å². The van der Waals surface area contributed by atoms with Gasteiger partial charge in [-0.25, -0.2) is 6.54 Å². The molecule has 0 spiro atoms. The fraction of sp³-hybridized carbons (Fsp3) is 0.438. The van der Waals surface area contributed by atoms with Gasteiger partial charge in [-0.2, -0.15) is 6.42 Å². The summed E-state index contributed by atoms with van der Waals surface area (Å²) in [5, 5.41) is 3.30. The van der Waals surface area contributed by atoms with Crippen LogP contribution >= 0.6 is 0 Å². The molecule has 0 bridgehead atoms. The van der Waals surface area contributed by atoms with E-state index >= 15 is 0 Å². The number of nitrogens with zero attached hydrogens (tertiary/aromatic N) is 1. The summed E-state index contributed by atoms with van der Waals surface area (Å²) in [6.07, 6.45) is 3.83. The monoisotopic (exact) mass is 345 g/mol. The van der Waals surface area contributed by atoms with E-state index in [9.17, 15) is 4.79 Å². The van der Waals surface area contributed by atoms with Crippen molar-refractivity contribution in [2.75, 3.05) is 13.1 Å². The number of carbonyl (C=O) groups is 1. The maximum atomic E-state index is 12.6. The standard InChI is InChI=1S/C16H20N2O.Y/c19-16(14-8-10-17-11-9-14)18-12-4-7-15(18)13-5-2-1-3-6-13;/h1-3,5-6,12,15,17H,4,7-11H2;/q-2;. The van der Waals surface area contributed by atoms with Crippen LogP contribution in [0.1, 0.15) is 37.3 Å². The second-order valence-corrected chi connectivity index (χ2v) is 5.25. The van der Waals surface area contributed by atoms with Gasteiger partial charge in [0.1, 0.15) is 0 Å². The van der Waals surface area contributed by atoms with Gasteiger partial charge in [0, 0.05) is 38.8 Å². The van der Waals surface area contributed by atoms with E-state index in [4.69, 9.17) is 0 Å². The van der Waals surface area contributed by atoms with E-state index in [0.717, 1.165) is 44.7 Å². The van der Waals surface area contributed by atoms with Crippen LogP contribution < -0.4 is 5.32 Å². The van der Waals surface area contributed by atoms with Gasteiger partial charge in [-0.1, -0.05) is 36.8 Å². The van der Waals surface area contributed by atoms with Crippen molar-refractivity contribution in [3.8, 4) is 0 Å². The summed E-state index contributed by atoms with van der Waals surface area (Å²) in [5.74, 6) is 1.32. The van der Waals surface area contributed by atoms with Gasteiger partial charge in [-0.3, -0.25) is 5.92 Å². The first kappa shape index (κ1) is 16.0. The second-order valence-electron chi connectivity index (χ2n) is 5.25. The van der Waals surface area contributed by atoms with Crippen LogP contribution in [0.2, 0.25) is 0 Å². The predicted octanol–water partition coefficient (Wildman–Crippen LogP) is 2.47. The molecule has 0 saturated carbocycles.